The highest BCUT2D eigenvalue weighted by atomic mass is 35.5. The van der Waals surface area contributed by atoms with Gasteiger partial charge in [-0.15, -0.1) is 12.4 Å². The van der Waals surface area contributed by atoms with E-state index in [1.807, 2.05) is 7.05 Å². The highest BCUT2D eigenvalue weighted by Gasteiger charge is 2.36. The van der Waals surface area contributed by atoms with Crippen LogP contribution in [0.4, 0.5) is 5.69 Å². The summed E-state index contributed by atoms with van der Waals surface area (Å²) in [4.78, 5) is 27.1. The zero-order chi connectivity index (χ0) is 19.4. The van der Waals surface area contributed by atoms with Gasteiger partial charge in [-0.3, -0.25) is 9.59 Å². The fourth-order valence-corrected chi connectivity index (χ4v) is 4.07. The monoisotopic (exact) mass is 429 g/mol. The first-order chi connectivity index (χ1) is 12.9. The minimum absolute atomic E-state index is 0. The summed E-state index contributed by atoms with van der Waals surface area (Å²) in [5.41, 5.74) is 6.27. The summed E-state index contributed by atoms with van der Waals surface area (Å²) in [6, 6.07) is 5.26. The van der Waals surface area contributed by atoms with Crippen molar-refractivity contribution in [1.29, 1.82) is 0 Å². The van der Waals surface area contributed by atoms with Gasteiger partial charge in [-0.1, -0.05) is 30.9 Å². The number of rotatable bonds is 4. The molecule has 0 unspecified atom stereocenters. The number of nitrogens with zero attached hydrogens (tertiary/aromatic N) is 1. The lowest BCUT2D eigenvalue weighted by atomic mass is 9.90. The Labute approximate surface area is 177 Å². The normalized spacial score (nSPS) is 19.4. The summed E-state index contributed by atoms with van der Waals surface area (Å²) in [5.74, 6) is -0.329. The number of nitrogens with one attached hydrogen (secondary N) is 1. The topological polar surface area (TPSA) is 84.7 Å². The van der Waals surface area contributed by atoms with E-state index in [4.69, 9.17) is 22.1 Å². The Kier molecular flexibility index (Phi) is 8.13. The molecular weight excluding hydrogens is 401 g/mol. The second-order valence-corrected chi connectivity index (χ2v) is 8.03. The van der Waals surface area contributed by atoms with E-state index in [2.05, 4.69) is 5.32 Å². The zero-order valence-electron chi connectivity index (χ0n) is 16.2. The average molecular weight is 430 g/mol. The quantitative estimate of drug-likeness (QED) is 0.765. The standard InChI is InChI=1S/C20H28ClN3O3.ClH/c1-24(15-5-3-2-4-6-15)18(25)16-8-7-14(13-17(16)21)23-19(26)20(22)9-11-27-12-10-20;/h7-8,13,15H,2-6,9-12,22H2,1H3,(H,23,26);1H. The van der Waals surface area contributed by atoms with Crippen LogP contribution in [0.25, 0.3) is 0 Å². The Hall–Kier alpha value is -1.34. The van der Waals surface area contributed by atoms with Crippen molar-refractivity contribution >= 4 is 41.5 Å². The van der Waals surface area contributed by atoms with Gasteiger partial charge < -0.3 is 20.7 Å². The molecule has 6 nitrogen and oxygen atoms in total. The first kappa shape index (κ1) is 22.9. The van der Waals surface area contributed by atoms with Crippen molar-refractivity contribution in [2.45, 2.75) is 56.5 Å². The summed E-state index contributed by atoms with van der Waals surface area (Å²) >= 11 is 6.36. The van der Waals surface area contributed by atoms with Gasteiger partial charge in [-0.05, 0) is 43.9 Å². The van der Waals surface area contributed by atoms with E-state index in [0.717, 1.165) is 25.7 Å². The molecule has 1 aliphatic carbocycles. The largest absolute Gasteiger partial charge is 0.381 e. The number of nitrogens with two attached hydrogens (primary N) is 1. The molecule has 2 aliphatic rings. The number of hydrogen-bond acceptors (Lipinski definition) is 4. The second kappa shape index (κ2) is 9.92. The maximum atomic E-state index is 12.8. The van der Waals surface area contributed by atoms with Gasteiger partial charge in [0.15, 0.2) is 0 Å². The molecule has 1 aromatic rings. The number of halogens is 2. The molecule has 1 saturated heterocycles. The molecule has 0 aromatic heterocycles. The van der Waals surface area contributed by atoms with Crippen LogP contribution in [0.3, 0.4) is 0 Å². The smallest absolute Gasteiger partial charge is 0.255 e. The fourth-order valence-electron chi connectivity index (χ4n) is 3.81. The first-order valence-electron chi connectivity index (χ1n) is 9.65. The van der Waals surface area contributed by atoms with Crippen LogP contribution < -0.4 is 11.1 Å². The van der Waals surface area contributed by atoms with Crippen molar-refractivity contribution in [3.05, 3.63) is 28.8 Å². The van der Waals surface area contributed by atoms with Gasteiger partial charge in [0.05, 0.1) is 10.6 Å². The summed E-state index contributed by atoms with van der Waals surface area (Å²) in [7, 11) is 1.84. The molecule has 2 amide bonds. The third-order valence-corrected chi connectivity index (χ3v) is 6.05. The average Bonchev–Trinajstić information content (AvgIpc) is 2.68. The number of carbonyl (C=O) groups excluding carboxylic acids is 2. The summed E-state index contributed by atoms with van der Waals surface area (Å²) in [6.45, 7) is 0.956. The molecule has 28 heavy (non-hydrogen) atoms. The maximum absolute atomic E-state index is 12.8. The lowest BCUT2D eigenvalue weighted by Gasteiger charge is -2.32. The highest BCUT2D eigenvalue weighted by molar-refractivity contribution is 6.34. The predicted octanol–water partition coefficient (Wildman–Crippen LogP) is 3.61. The van der Waals surface area contributed by atoms with Crippen LogP contribution >= 0.6 is 24.0 Å². The van der Waals surface area contributed by atoms with Crippen molar-refractivity contribution in [3.63, 3.8) is 0 Å². The van der Waals surface area contributed by atoms with Crippen LogP contribution in [0.15, 0.2) is 18.2 Å². The minimum Gasteiger partial charge on any atom is -0.381 e. The number of ether oxygens (including phenoxy) is 1. The van der Waals surface area contributed by atoms with Gasteiger partial charge in [-0.25, -0.2) is 0 Å². The predicted molar refractivity (Wildman–Crippen MR) is 113 cm³/mol. The molecule has 8 heteroatoms. The number of amides is 2. The van der Waals surface area contributed by atoms with E-state index in [1.54, 1.807) is 23.1 Å². The van der Waals surface area contributed by atoms with Gasteiger partial charge >= 0.3 is 0 Å². The molecule has 0 bridgehead atoms. The van der Waals surface area contributed by atoms with E-state index in [0.29, 0.717) is 42.3 Å². The van der Waals surface area contributed by atoms with Crippen LogP contribution in [0.5, 0.6) is 0 Å². The van der Waals surface area contributed by atoms with Crippen LogP contribution in [0, 0.1) is 0 Å². The molecule has 0 atom stereocenters. The Morgan fingerprint density at radius 3 is 2.46 bits per heavy atom. The molecule has 1 saturated carbocycles. The molecule has 3 N–H and O–H groups in total. The van der Waals surface area contributed by atoms with Gasteiger partial charge in [0.2, 0.25) is 5.91 Å². The summed E-state index contributed by atoms with van der Waals surface area (Å²) in [6.07, 6.45) is 6.60. The van der Waals surface area contributed by atoms with Crippen LogP contribution in [-0.2, 0) is 9.53 Å². The lowest BCUT2D eigenvalue weighted by Crippen LogP contribution is -2.54. The lowest BCUT2D eigenvalue weighted by molar-refractivity contribution is -0.124. The zero-order valence-corrected chi connectivity index (χ0v) is 17.8. The molecule has 3 rings (SSSR count). The van der Waals surface area contributed by atoms with E-state index < -0.39 is 5.54 Å². The second-order valence-electron chi connectivity index (χ2n) is 7.63. The summed E-state index contributed by atoms with van der Waals surface area (Å²) < 4.78 is 5.28. The van der Waals surface area contributed by atoms with Crippen LogP contribution in [0.2, 0.25) is 5.02 Å². The Balaban J connectivity index is 0.00000280. The van der Waals surface area contributed by atoms with Crippen molar-refractivity contribution in [1.82, 2.24) is 4.90 Å². The minimum atomic E-state index is -0.930. The van der Waals surface area contributed by atoms with E-state index >= 15 is 0 Å². The van der Waals surface area contributed by atoms with Crippen molar-refractivity contribution in [2.75, 3.05) is 25.6 Å². The molecule has 0 radical (unpaired) electrons. The number of carbonyl (C=O) groups is 2. The summed E-state index contributed by atoms with van der Waals surface area (Å²) in [5, 5.41) is 3.15. The van der Waals surface area contributed by atoms with Gasteiger partial charge in [0.25, 0.3) is 5.91 Å². The van der Waals surface area contributed by atoms with Crippen molar-refractivity contribution < 1.29 is 14.3 Å². The fraction of sp³-hybridized carbons (Fsp3) is 0.600. The molecule has 156 valence electrons. The molecule has 0 spiro atoms. The van der Waals surface area contributed by atoms with E-state index in [9.17, 15) is 9.59 Å². The number of hydrogen-bond donors (Lipinski definition) is 2. The first-order valence-corrected chi connectivity index (χ1v) is 10.0. The highest BCUT2D eigenvalue weighted by Crippen LogP contribution is 2.27. The van der Waals surface area contributed by atoms with E-state index in [1.165, 1.54) is 6.42 Å². The number of anilines is 1. The molecule has 1 heterocycles. The van der Waals surface area contributed by atoms with E-state index in [-0.39, 0.29) is 30.3 Å². The SMILES string of the molecule is CN(C(=O)c1ccc(NC(=O)C2(N)CCOCC2)cc1Cl)C1CCCCC1.Cl. The van der Waals surface area contributed by atoms with Crippen molar-refractivity contribution in [3.8, 4) is 0 Å². The third-order valence-electron chi connectivity index (χ3n) is 5.74. The number of benzene rings is 1. The molecule has 2 fully saturated rings. The van der Waals surface area contributed by atoms with Crippen LogP contribution in [0.1, 0.15) is 55.3 Å². The molecular formula is C20H29Cl2N3O3. The molecule has 1 aromatic carbocycles. The van der Waals surface area contributed by atoms with Crippen molar-refractivity contribution in [2.24, 2.45) is 5.73 Å². The third kappa shape index (κ3) is 5.17. The Bertz CT molecular complexity index is 702. The maximum Gasteiger partial charge on any atom is 0.255 e. The molecule has 1 aliphatic heterocycles. The Morgan fingerprint density at radius 2 is 1.86 bits per heavy atom. The van der Waals surface area contributed by atoms with Crippen LogP contribution in [-0.4, -0.2) is 48.6 Å². The van der Waals surface area contributed by atoms with Gasteiger partial charge in [0, 0.05) is 32.0 Å². The van der Waals surface area contributed by atoms with Gasteiger partial charge in [0.1, 0.15) is 5.54 Å². The van der Waals surface area contributed by atoms with Gasteiger partial charge in [-0.2, -0.15) is 0 Å². The Morgan fingerprint density at radius 1 is 1.21 bits per heavy atom.